The van der Waals surface area contributed by atoms with Gasteiger partial charge in [-0.05, 0) is 12.1 Å². The predicted molar refractivity (Wildman–Crippen MR) is 47.3 cm³/mol. The maximum absolute atomic E-state index is 5.33. The minimum absolute atomic E-state index is 0.418. The molecule has 1 aromatic carbocycles. The number of ether oxygens (including phenoxy) is 1. The molecule has 60 valence electrons. The standard InChI is InChI=1S/C8H11O2P/c1-9-11-7-10-8-5-3-2-4-6-8/h2-6,11H,7H2,1H3. The van der Waals surface area contributed by atoms with Crippen molar-refractivity contribution in [1.29, 1.82) is 0 Å². The van der Waals surface area contributed by atoms with Crippen LogP contribution >= 0.6 is 8.81 Å². The van der Waals surface area contributed by atoms with Crippen molar-refractivity contribution >= 4 is 8.81 Å². The van der Waals surface area contributed by atoms with Gasteiger partial charge in [0.1, 0.15) is 12.1 Å². The Kier molecular flexibility index (Phi) is 3.95. The van der Waals surface area contributed by atoms with Gasteiger partial charge in [-0.15, -0.1) is 0 Å². The van der Waals surface area contributed by atoms with Crippen molar-refractivity contribution in [3.05, 3.63) is 30.3 Å². The van der Waals surface area contributed by atoms with Crippen LogP contribution in [0.2, 0.25) is 0 Å². The molecule has 0 saturated carbocycles. The van der Waals surface area contributed by atoms with Gasteiger partial charge in [0.05, 0.1) is 8.81 Å². The number of hydrogen-bond donors (Lipinski definition) is 0. The molecule has 0 aliphatic carbocycles. The molecule has 0 aliphatic rings. The largest absolute Gasteiger partial charge is 0.487 e. The maximum Gasteiger partial charge on any atom is 0.129 e. The van der Waals surface area contributed by atoms with Crippen molar-refractivity contribution < 1.29 is 9.26 Å². The summed E-state index contributed by atoms with van der Waals surface area (Å²) in [6.45, 7) is 0. The van der Waals surface area contributed by atoms with Gasteiger partial charge < -0.3 is 9.26 Å². The molecule has 0 spiro atoms. The maximum atomic E-state index is 5.33. The summed E-state index contributed by atoms with van der Waals surface area (Å²) in [6, 6.07) is 9.72. The first kappa shape index (κ1) is 8.51. The van der Waals surface area contributed by atoms with Crippen molar-refractivity contribution in [3.8, 4) is 5.75 Å². The molecule has 11 heavy (non-hydrogen) atoms. The molecule has 0 N–H and O–H groups in total. The molecule has 1 rings (SSSR count). The minimum atomic E-state index is 0.418. The summed E-state index contributed by atoms with van der Waals surface area (Å²) >= 11 is 0. The molecule has 2 nitrogen and oxygen atoms in total. The zero-order valence-electron chi connectivity index (χ0n) is 6.41. The summed E-state index contributed by atoms with van der Waals surface area (Å²) in [5, 5.41) is 0. The summed E-state index contributed by atoms with van der Waals surface area (Å²) in [5.41, 5.74) is 0. The molecule has 1 atom stereocenters. The second-order valence-electron chi connectivity index (χ2n) is 1.95. The lowest BCUT2D eigenvalue weighted by atomic mass is 10.3. The van der Waals surface area contributed by atoms with E-state index in [4.69, 9.17) is 9.26 Å². The van der Waals surface area contributed by atoms with Crippen molar-refractivity contribution in [1.82, 2.24) is 0 Å². The van der Waals surface area contributed by atoms with Crippen LogP contribution in [0.3, 0.4) is 0 Å². The van der Waals surface area contributed by atoms with Gasteiger partial charge in [0.2, 0.25) is 0 Å². The first-order valence-electron chi connectivity index (χ1n) is 3.37. The molecular formula is C8H11O2P. The molecule has 0 fully saturated rings. The van der Waals surface area contributed by atoms with Crippen LogP contribution in [-0.2, 0) is 4.52 Å². The molecule has 0 amide bonds. The molecule has 0 heterocycles. The Morgan fingerprint density at radius 2 is 2.00 bits per heavy atom. The Morgan fingerprint density at radius 1 is 1.27 bits per heavy atom. The van der Waals surface area contributed by atoms with E-state index in [0.29, 0.717) is 15.2 Å². The Morgan fingerprint density at radius 3 is 2.64 bits per heavy atom. The molecule has 0 aromatic heterocycles. The van der Waals surface area contributed by atoms with E-state index in [0.717, 1.165) is 5.75 Å². The third kappa shape index (κ3) is 3.35. The summed E-state index contributed by atoms with van der Waals surface area (Å²) in [4.78, 5) is 0. The predicted octanol–water partition coefficient (Wildman–Crippen LogP) is 2.26. The van der Waals surface area contributed by atoms with Crippen LogP contribution in [-0.4, -0.2) is 13.5 Å². The summed E-state index contributed by atoms with van der Waals surface area (Å²) in [7, 11) is 2.09. The highest BCUT2D eigenvalue weighted by Gasteiger charge is 1.88. The first-order valence-corrected chi connectivity index (χ1v) is 4.48. The van der Waals surface area contributed by atoms with Gasteiger partial charge in [0.15, 0.2) is 0 Å². The first-order chi connectivity index (χ1) is 5.43. The van der Waals surface area contributed by atoms with Gasteiger partial charge in [-0.3, -0.25) is 0 Å². The van der Waals surface area contributed by atoms with Crippen molar-refractivity contribution in [2.75, 3.05) is 13.5 Å². The smallest absolute Gasteiger partial charge is 0.129 e. The molecule has 0 saturated heterocycles. The quantitative estimate of drug-likeness (QED) is 0.509. The fourth-order valence-corrected chi connectivity index (χ4v) is 1.03. The van der Waals surface area contributed by atoms with Crippen LogP contribution < -0.4 is 4.74 Å². The molecule has 0 aliphatic heterocycles. The zero-order valence-corrected chi connectivity index (χ0v) is 7.41. The van der Waals surface area contributed by atoms with Gasteiger partial charge in [0.25, 0.3) is 0 Å². The Hall–Kier alpha value is -0.590. The van der Waals surface area contributed by atoms with Crippen molar-refractivity contribution in [3.63, 3.8) is 0 Å². The highest BCUT2D eigenvalue weighted by atomic mass is 31.1. The van der Waals surface area contributed by atoms with E-state index in [1.165, 1.54) is 0 Å². The Balaban J connectivity index is 2.28. The second kappa shape index (κ2) is 5.11. The third-order valence-corrected chi connectivity index (χ3v) is 1.74. The lowest BCUT2D eigenvalue weighted by Gasteiger charge is -2.03. The lowest BCUT2D eigenvalue weighted by Crippen LogP contribution is -1.89. The van der Waals surface area contributed by atoms with Gasteiger partial charge in [-0.2, -0.15) is 0 Å². The molecule has 1 unspecified atom stereocenters. The van der Waals surface area contributed by atoms with Crippen LogP contribution in [0.25, 0.3) is 0 Å². The van der Waals surface area contributed by atoms with Crippen LogP contribution in [0.1, 0.15) is 0 Å². The zero-order chi connectivity index (χ0) is 7.94. The Bertz CT molecular complexity index is 189. The number of para-hydroxylation sites is 1. The topological polar surface area (TPSA) is 18.5 Å². The van der Waals surface area contributed by atoms with E-state index >= 15 is 0 Å². The molecule has 0 radical (unpaired) electrons. The van der Waals surface area contributed by atoms with Gasteiger partial charge in [0, 0.05) is 7.11 Å². The average Bonchev–Trinajstić information content (AvgIpc) is 2.07. The SMILES string of the molecule is COPCOc1ccccc1. The van der Waals surface area contributed by atoms with E-state index in [1.54, 1.807) is 7.11 Å². The average molecular weight is 170 g/mol. The van der Waals surface area contributed by atoms with Crippen molar-refractivity contribution in [2.24, 2.45) is 0 Å². The minimum Gasteiger partial charge on any atom is -0.487 e. The molecule has 1 aromatic rings. The van der Waals surface area contributed by atoms with E-state index in [9.17, 15) is 0 Å². The molecule has 0 bridgehead atoms. The summed E-state index contributed by atoms with van der Waals surface area (Å²) in [6.07, 6.45) is 0.639. The monoisotopic (exact) mass is 170 g/mol. The molecular weight excluding hydrogens is 159 g/mol. The van der Waals surface area contributed by atoms with Crippen LogP contribution in [0.15, 0.2) is 30.3 Å². The van der Waals surface area contributed by atoms with Crippen LogP contribution in [0, 0.1) is 0 Å². The number of rotatable bonds is 4. The highest BCUT2D eigenvalue weighted by molar-refractivity contribution is 7.31. The summed E-state index contributed by atoms with van der Waals surface area (Å²) in [5.74, 6) is 0.900. The molecule has 3 heteroatoms. The van der Waals surface area contributed by atoms with Crippen molar-refractivity contribution in [2.45, 2.75) is 0 Å². The fourth-order valence-electron chi connectivity index (χ4n) is 0.688. The van der Waals surface area contributed by atoms with E-state index in [-0.39, 0.29) is 0 Å². The van der Waals surface area contributed by atoms with Gasteiger partial charge >= 0.3 is 0 Å². The van der Waals surface area contributed by atoms with E-state index < -0.39 is 0 Å². The normalized spacial score (nSPS) is 10.6. The second-order valence-corrected chi connectivity index (χ2v) is 2.94. The summed E-state index contributed by atoms with van der Waals surface area (Å²) < 4.78 is 10.2. The lowest BCUT2D eigenvalue weighted by molar-refractivity contribution is 0.367. The number of hydrogen-bond acceptors (Lipinski definition) is 2. The van der Waals surface area contributed by atoms with Gasteiger partial charge in [-0.25, -0.2) is 0 Å². The number of benzene rings is 1. The van der Waals surface area contributed by atoms with E-state index in [1.807, 2.05) is 30.3 Å². The van der Waals surface area contributed by atoms with Gasteiger partial charge in [-0.1, -0.05) is 18.2 Å². The van der Waals surface area contributed by atoms with Crippen LogP contribution in [0.5, 0.6) is 5.75 Å². The fraction of sp³-hybridized carbons (Fsp3) is 0.250. The highest BCUT2D eigenvalue weighted by Crippen LogP contribution is 2.14. The Labute approximate surface area is 68.4 Å². The van der Waals surface area contributed by atoms with E-state index in [2.05, 4.69) is 0 Å². The third-order valence-electron chi connectivity index (χ3n) is 1.19. The van der Waals surface area contributed by atoms with Crippen LogP contribution in [0.4, 0.5) is 0 Å².